The van der Waals surface area contributed by atoms with Crippen molar-refractivity contribution in [3.63, 3.8) is 0 Å². The molecule has 0 heterocycles. The molecule has 144 valence electrons. The molecule has 0 aliphatic heterocycles. The number of hydrogen-bond donors (Lipinski definition) is 0. The molecule has 0 saturated carbocycles. The molecule has 0 spiro atoms. The van der Waals surface area contributed by atoms with E-state index in [0.717, 1.165) is 18.1 Å². The van der Waals surface area contributed by atoms with E-state index in [1.807, 2.05) is 0 Å². The van der Waals surface area contributed by atoms with E-state index in [4.69, 9.17) is 4.43 Å². The van der Waals surface area contributed by atoms with Crippen LogP contribution in [0, 0.1) is 20.8 Å². The van der Waals surface area contributed by atoms with E-state index in [2.05, 4.69) is 100 Å². The standard InChI is InChI=1S/C26H30OSi/c1-5-27-28(18-24-12-6-21(2)7-13-24,19-25-14-8-22(3)9-15-25)20-26-16-10-23(4)11-17-26/h5-17H,1,18-20H2,2-4H3. The van der Waals surface area contributed by atoms with Gasteiger partial charge in [0.25, 0.3) is 8.32 Å². The van der Waals surface area contributed by atoms with Crippen LogP contribution in [0.25, 0.3) is 0 Å². The molecule has 0 aliphatic carbocycles. The summed E-state index contributed by atoms with van der Waals surface area (Å²) in [6, 6.07) is 29.6. The zero-order valence-electron chi connectivity index (χ0n) is 17.2. The molecule has 0 radical (unpaired) electrons. The summed E-state index contributed by atoms with van der Waals surface area (Å²) in [5, 5.41) is 0. The van der Waals surface area contributed by atoms with Gasteiger partial charge < -0.3 is 4.43 Å². The fourth-order valence-corrected chi connectivity index (χ4v) is 7.64. The molecule has 0 N–H and O–H groups in total. The summed E-state index contributed by atoms with van der Waals surface area (Å²) in [7, 11) is -2.19. The average molecular weight is 387 g/mol. The van der Waals surface area contributed by atoms with Gasteiger partial charge >= 0.3 is 0 Å². The second-order valence-electron chi connectivity index (χ2n) is 7.95. The van der Waals surface area contributed by atoms with Crippen molar-refractivity contribution in [3.05, 3.63) is 119 Å². The number of hydrogen-bond acceptors (Lipinski definition) is 1. The fourth-order valence-electron chi connectivity index (χ4n) is 3.72. The van der Waals surface area contributed by atoms with E-state index in [1.165, 1.54) is 33.4 Å². The van der Waals surface area contributed by atoms with Crippen LogP contribution in [0.4, 0.5) is 0 Å². The summed E-state index contributed by atoms with van der Waals surface area (Å²) in [6.07, 6.45) is 1.67. The van der Waals surface area contributed by atoms with E-state index >= 15 is 0 Å². The third-order valence-electron chi connectivity index (χ3n) is 5.27. The average Bonchev–Trinajstić information content (AvgIpc) is 2.68. The highest BCUT2D eigenvalue weighted by Crippen LogP contribution is 2.25. The van der Waals surface area contributed by atoms with Gasteiger partial charge in [-0.2, -0.15) is 0 Å². The maximum Gasteiger partial charge on any atom is 0.263 e. The Balaban J connectivity index is 1.96. The van der Waals surface area contributed by atoms with Gasteiger partial charge in [-0.05, 0) is 37.5 Å². The number of rotatable bonds is 8. The predicted molar refractivity (Wildman–Crippen MR) is 122 cm³/mol. The molecular formula is C26H30OSi. The van der Waals surface area contributed by atoms with Crippen molar-refractivity contribution >= 4 is 8.32 Å². The first-order valence-corrected chi connectivity index (χ1v) is 12.5. The maximum atomic E-state index is 6.43. The van der Waals surface area contributed by atoms with Crippen LogP contribution in [-0.2, 0) is 22.6 Å². The predicted octanol–water partition coefficient (Wildman–Crippen LogP) is 6.36. The van der Waals surface area contributed by atoms with Crippen molar-refractivity contribution in [1.82, 2.24) is 0 Å². The molecule has 0 bridgehead atoms. The van der Waals surface area contributed by atoms with Gasteiger partial charge in [-0.15, -0.1) is 0 Å². The van der Waals surface area contributed by atoms with Crippen molar-refractivity contribution in [3.8, 4) is 0 Å². The van der Waals surface area contributed by atoms with E-state index in [0.29, 0.717) is 0 Å². The Labute approximate surface area is 170 Å². The van der Waals surface area contributed by atoms with E-state index in [-0.39, 0.29) is 0 Å². The van der Waals surface area contributed by atoms with Gasteiger partial charge in [-0.3, -0.25) is 0 Å². The Morgan fingerprint density at radius 1 is 0.607 bits per heavy atom. The Morgan fingerprint density at radius 3 is 1.14 bits per heavy atom. The molecule has 0 saturated heterocycles. The Hall–Kier alpha value is -2.58. The maximum absolute atomic E-state index is 6.43. The Morgan fingerprint density at radius 2 is 0.893 bits per heavy atom. The summed E-state index contributed by atoms with van der Waals surface area (Å²) in [6.45, 7) is 10.3. The van der Waals surface area contributed by atoms with Gasteiger partial charge in [0, 0.05) is 18.1 Å². The molecule has 3 aromatic carbocycles. The highest BCUT2D eigenvalue weighted by Gasteiger charge is 2.37. The first-order chi connectivity index (χ1) is 13.5. The van der Waals surface area contributed by atoms with Gasteiger partial charge in [0.2, 0.25) is 0 Å². The minimum atomic E-state index is -2.19. The molecule has 0 atom stereocenters. The lowest BCUT2D eigenvalue weighted by Crippen LogP contribution is -2.46. The second-order valence-corrected chi connectivity index (χ2v) is 11.6. The molecule has 0 fully saturated rings. The lowest BCUT2D eigenvalue weighted by Gasteiger charge is -2.31. The second kappa shape index (κ2) is 9.07. The molecule has 2 heteroatoms. The van der Waals surface area contributed by atoms with Gasteiger partial charge in [-0.25, -0.2) is 0 Å². The smallest absolute Gasteiger partial charge is 0.263 e. The summed E-state index contributed by atoms with van der Waals surface area (Å²) < 4.78 is 6.43. The van der Waals surface area contributed by atoms with Crippen LogP contribution >= 0.6 is 0 Å². The van der Waals surface area contributed by atoms with Gasteiger partial charge in [0.05, 0.1) is 6.26 Å². The topological polar surface area (TPSA) is 9.23 Å². The molecule has 0 amide bonds. The first kappa shape index (κ1) is 20.2. The highest BCUT2D eigenvalue weighted by molar-refractivity contribution is 6.72. The van der Waals surface area contributed by atoms with E-state index < -0.39 is 8.32 Å². The van der Waals surface area contributed by atoms with Crippen molar-refractivity contribution in [2.45, 2.75) is 38.9 Å². The SMILES string of the molecule is C=CO[Si](Cc1ccc(C)cc1)(Cc1ccc(C)cc1)Cc1ccc(C)cc1. The number of benzene rings is 3. The van der Waals surface area contributed by atoms with Crippen molar-refractivity contribution in [1.29, 1.82) is 0 Å². The molecule has 3 rings (SSSR count). The Bertz CT molecular complexity index is 777. The van der Waals surface area contributed by atoms with Gasteiger partial charge in [0.1, 0.15) is 0 Å². The highest BCUT2D eigenvalue weighted by atomic mass is 28.4. The van der Waals surface area contributed by atoms with E-state index in [9.17, 15) is 0 Å². The van der Waals surface area contributed by atoms with Crippen LogP contribution in [0.3, 0.4) is 0 Å². The molecule has 0 aromatic heterocycles. The number of aryl methyl sites for hydroxylation is 3. The molecule has 28 heavy (non-hydrogen) atoms. The third-order valence-corrected chi connectivity index (χ3v) is 9.10. The lowest BCUT2D eigenvalue weighted by molar-refractivity contribution is 0.453. The molecule has 1 nitrogen and oxygen atoms in total. The first-order valence-electron chi connectivity index (χ1n) is 9.93. The van der Waals surface area contributed by atoms with Crippen LogP contribution in [0.15, 0.2) is 85.6 Å². The normalized spacial score (nSPS) is 11.2. The quantitative estimate of drug-likeness (QED) is 0.323. The van der Waals surface area contributed by atoms with Crippen LogP contribution in [-0.4, -0.2) is 8.32 Å². The summed E-state index contributed by atoms with van der Waals surface area (Å²) >= 11 is 0. The summed E-state index contributed by atoms with van der Waals surface area (Å²) in [5.74, 6) is 0. The van der Waals surface area contributed by atoms with Crippen LogP contribution in [0.2, 0.25) is 0 Å². The summed E-state index contributed by atoms with van der Waals surface area (Å²) in [4.78, 5) is 0. The van der Waals surface area contributed by atoms with Crippen molar-refractivity contribution < 1.29 is 4.43 Å². The summed E-state index contributed by atoms with van der Waals surface area (Å²) in [5.41, 5.74) is 7.91. The zero-order chi connectivity index (χ0) is 20.0. The molecular weight excluding hydrogens is 356 g/mol. The Kier molecular flexibility index (Phi) is 6.53. The third kappa shape index (κ3) is 5.46. The fraction of sp³-hybridized carbons (Fsp3) is 0.231. The van der Waals surface area contributed by atoms with Crippen LogP contribution in [0.1, 0.15) is 33.4 Å². The monoisotopic (exact) mass is 386 g/mol. The van der Waals surface area contributed by atoms with Crippen LogP contribution < -0.4 is 0 Å². The zero-order valence-corrected chi connectivity index (χ0v) is 18.2. The minimum Gasteiger partial charge on any atom is -0.549 e. The van der Waals surface area contributed by atoms with E-state index in [1.54, 1.807) is 6.26 Å². The lowest BCUT2D eigenvalue weighted by atomic mass is 10.2. The largest absolute Gasteiger partial charge is 0.549 e. The van der Waals surface area contributed by atoms with Gasteiger partial charge in [-0.1, -0.05) is 96.1 Å². The molecule has 0 unspecified atom stereocenters. The van der Waals surface area contributed by atoms with Gasteiger partial charge in [0.15, 0.2) is 0 Å². The molecule has 0 aliphatic rings. The minimum absolute atomic E-state index is 0.973. The van der Waals surface area contributed by atoms with Crippen LogP contribution in [0.5, 0.6) is 0 Å². The molecule has 3 aromatic rings. The van der Waals surface area contributed by atoms with Crippen molar-refractivity contribution in [2.75, 3.05) is 0 Å². The van der Waals surface area contributed by atoms with Crippen molar-refractivity contribution in [2.24, 2.45) is 0 Å².